The first-order chi connectivity index (χ1) is 13.4. The van der Waals surface area contributed by atoms with Gasteiger partial charge in [-0.1, -0.05) is 18.6 Å². The second-order valence-electron chi connectivity index (χ2n) is 9.13. The third-order valence-corrected chi connectivity index (χ3v) is 6.55. The van der Waals surface area contributed by atoms with Crippen molar-refractivity contribution >= 4 is 5.95 Å². The van der Waals surface area contributed by atoms with Gasteiger partial charge in [0.1, 0.15) is 0 Å². The van der Waals surface area contributed by atoms with Gasteiger partial charge in [-0.2, -0.15) is 0 Å². The molecule has 4 rings (SSSR count). The molecule has 6 heteroatoms. The lowest BCUT2D eigenvalue weighted by atomic mass is 9.81. The standard InChI is InChI=1S/C22H34N4O2/c1-14-5-6-18(15(2)9-14)12-25-8-7-19-20(13-25)23-22(24-21(19)27)26-10-16(3)28-17(4)11-26/h9,15-18H,5-8,10-13H2,1-4H3,(H,23,24,27)/t15-,16+,17+,18-/m0/s1. The van der Waals surface area contributed by atoms with E-state index < -0.39 is 0 Å². The van der Waals surface area contributed by atoms with Crippen molar-refractivity contribution in [1.82, 2.24) is 14.9 Å². The molecule has 1 N–H and O–H groups in total. The number of rotatable bonds is 3. The average molecular weight is 387 g/mol. The van der Waals surface area contributed by atoms with Gasteiger partial charge in [-0.15, -0.1) is 0 Å². The van der Waals surface area contributed by atoms with Crippen LogP contribution in [0.3, 0.4) is 0 Å². The summed E-state index contributed by atoms with van der Waals surface area (Å²) in [5, 5.41) is 0. The molecule has 1 aromatic heterocycles. The molecule has 0 aromatic carbocycles. The first-order valence-electron chi connectivity index (χ1n) is 10.8. The Bertz CT molecular complexity index is 792. The summed E-state index contributed by atoms with van der Waals surface area (Å²) in [7, 11) is 0. The largest absolute Gasteiger partial charge is 0.372 e. The van der Waals surface area contributed by atoms with Crippen molar-refractivity contribution in [3.05, 3.63) is 33.3 Å². The van der Waals surface area contributed by atoms with Gasteiger partial charge in [0.05, 0.1) is 17.9 Å². The van der Waals surface area contributed by atoms with Crippen molar-refractivity contribution in [1.29, 1.82) is 0 Å². The Morgan fingerprint density at radius 3 is 2.68 bits per heavy atom. The fourth-order valence-electron chi connectivity index (χ4n) is 5.07. The molecule has 28 heavy (non-hydrogen) atoms. The molecular formula is C22H34N4O2. The number of hydrogen-bond donors (Lipinski definition) is 1. The Hall–Kier alpha value is -1.66. The minimum Gasteiger partial charge on any atom is -0.372 e. The van der Waals surface area contributed by atoms with Crippen LogP contribution in [0.5, 0.6) is 0 Å². The van der Waals surface area contributed by atoms with Crippen LogP contribution in [0, 0.1) is 11.8 Å². The monoisotopic (exact) mass is 386 g/mol. The van der Waals surface area contributed by atoms with Crippen LogP contribution in [0.2, 0.25) is 0 Å². The minimum atomic E-state index is 0.0380. The van der Waals surface area contributed by atoms with E-state index in [0.29, 0.717) is 17.8 Å². The topological polar surface area (TPSA) is 61.5 Å². The number of morpholine rings is 1. The van der Waals surface area contributed by atoms with Crippen molar-refractivity contribution in [3.63, 3.8) is 0 Å². The Labute approximate surface area is 168 Å². The summed E-state index contributed by atoms with van der Waals surface area (Å²) >= 11 is 0. The zero-order chi connectivity index (χ0) is 19.8. The zero-order valence-electron chi connectivity index (χ0n) is 17.7. The number of ether oxygens (including phenoxy) is 1. The number of aromatic amines is 1. The molecule has 0 unspecified atom stereocenters. The smallest absolute Gasteiger partial charge is 0.255 e. The van der Waals surface area contributed by atoms with E-state index in [0.717, 1.165) is 50.4 Å². The molecule has 3 heterocycles. The van der Waals surface area contributed by atoms with Crippen LogP contribution < -0.4 is 10.5 Å². The maximum atomic E-state index is 12.7. The highest BCUT2D eigenvalue weighted by Gasteiger charge is 2.29. The van der Waals surface area contributed by atoms with Gasteiger partial charge in [0.25, 0.3) is 5.56 Å². The van der Waals surface area contributed by atoms with Crippen LogP contribution in [-0.4, -0.2) is 53.3 Å². The van der Waals surface area contributed by atoms with E-state index in [1.165, 1.54) is 18.4 Å². The molecule has 4 atom stereocenters. The molecule has 0 amide bonds. The van der Waals surface area contributed by atoms with Gasteiger partial charge in [0.15, 0.2) is 0 Å². The Morgan fingerprint density at radius 1 is 1.21 bits per heavy atom. The lowest BCUT2D eigenvalue weighted by Gasteiger charge is -2.37. The third-order valence-electron chi connectivity index (χ3n) is 6.55. The number of aromatic nitrogens is 2. The van der Waals surface area contributed by atoms with Crippen molar-refractivity contribution in [2.45, 2.75) is 65.7 Å². The quantitative estimate of drug-likeness (QED) is 0.810. The van der Waals surface area contributed by atoms with E-state index in [1.807, 2.05) is 0 Å². The number of anilines is 1. The van der Waals surface area contributed by atoms with E-state index >= 15 is 0 Å². The lowest BCUT2D eigenvalue weighted by molar-refractivity contribution is -0.00576. The second kappa shape index (κ2) is 7.99. The Morgan fingerprint density at radius 2 is 1.96 bits per heavy atom. The fraction of sp³-hybridized carbons (Fsp3) is 0.727. The average Bonchev–Trinajstić information content (AvgIpc) is 2.63. The summed E-state index contributed by atoms with van der Waals surface area (Å²) in [6, 6.07) is 0. The molecule has 154 valence electrons. The van der Waals surface area contributed by atoms with Crippen LogP contribution in [0.4, 0.5) is 5.95 Å². The van der Waals surface area contributed by atoms with Crippen molar-refractivity contribution in [3.8, 4) is 0 Å². The molecule has 1 fully saturated rings. The number of nitrogens with one attached hydrogen (secondary N) is 1. The van der Waals surface area contributed by atoms with Crippen LogP contribution >= 0.6 is 0 Å². The minimum absolute atomic E-state index is 0.0380. The highest BCUT2D eigenvalue weighted by atomic mass is 16.5. The third kappa shape index (κ3) is 4.18. The molecule has 6 nitrogen and oxygen atoms in total. The van der Waals surface area contributed by atoms with Crippen LogP contribution in [0.1, 0.15) is 51.8 Å². The van der Waals surface area contributed by atoms with Gasteiger partial charge in [-0.25, -0.2) is 4.98 Å². The molecule has 1 aromatic rings. The summed E-state index contributed by atoms with van der Waals surface area (Å²) in [6.45, 7) is 13.1. The molecule has 1 aliphatic carbocycles. The van der Waals surface area contributed by atoms with Crippen LogP contribution in [-0.2, 0) is 17.7 Å². The lowest BCUT2D eigenvalue weighted by Crippen LogP contribution is -2.47. The summed E-state index contributed by atoms with van der Waals surface area (Å²) in [4.78, 5) is 25.3. The number of H-pyrrole nitrogens is 1. The van der Waals surface area contributed by atoms with Gasteiger partial charge < -0.3 is 9.64 Å². The van der Waals surface area contributed by atoms with Crippen molar-refractivity contribution in [2.75, 3.05) is 31.1 Å². The molecule has 2 aliphatic heterocycles. The number of allylic oxidation sites excluding steroid dienone is 2. The van der Waals surface area contributed by atoms with Gasteiger partial charge in [-0.3, -0.25) is 14.7 Å². The number of hydrogen-bond acceptors (Lipinski definition) is 5. The summed E-state index contributed by atoms with van der Waals surface area (Å²) < 4.78 is 5.83. The molecule has 0 saturated carbocycles. The SMILES string of the molecule is CC1=C[C@H](C)[C@H](CN2CCc3c(nc(N4C[C@@H](C)O[C@H](C)C4)[nH]c3=O)C2)CC1. The number of fused-ring (bicyclic) bond motifs is 1. The predicted octanol–water partition coefficient (Wildman–Crippen LogP) is 2.73. The fourth-order valence-corrected chi connectivity index (χ4v) is 5.07. The van der Waals surface area contributed by atoms with Gasteiger partial charge in [0.2, 0.25) is 5.95 Å². The highest BCUT2D eigenvalue weighted by Crippen LogP contribution is 2.30. The van der Waals surface area contributed by atoms with Gasteiger partial charge in [-0.05, 0) is 51.9 Å². The van der Waals surface area contributed by atoms with E-state index in [9.17, 15) is 4.79 Å². The summed E-state index contributed by atoms with van der Waals surface area (Å²) in [5.41, 5.74) is 3.41. The maximum Gasteiger partial charge on any atom is 0.255 e. The molecule has 0 spiro atoms. The Kier molecular flexibility index (Phi) is 5.61. The van der Waals surface area contributed by atoms with Crippen LogP contribution in [0.15, 0.2) is 16.4 Å². The van der Waals surface area contributed by atoms with E-state index in [-0.39, 0.29) is 17.8 Å². The summed E-state index contributed by atoms with van der Waals surface area (Å²) in [5.74, 6) is 2.04. The van der Waals surface area contributed by atoms with E-state index in [4.69, 9.17) is 9.72 Å². The van der Waals surface area contributed by atoms with Crippen molar-refractivity contribution < 1.29 is 4.74 Å². The molecular weight excluding hydrogens is 352 g/mol. The van der Waals surface area contributed by atoms with E-state index in [2.05, 4.69) is 48.6 Å². The maximum absolute atomic E-state index is 12.7. The number of nitrogens with zero attached hydrogens (tertiary/aromatic N) is 3. The van der Waals surface area contributed by atoms with Crippen LogP contribution in [0.25, 0.3) is 0 Å². The molecule has 0 bridgehead atoms. The molecule has 3 aliphatic rings. The zero-order valence-corrected chi connectivity index (χ0v) is 17.7. The normalized spacial score (nSPS) is 31.4. The second-order valence-corrected chi connectivity index (χ2v) is 9.13. The summed E-state index contributed by atoms with van der Waals surface area (Å²) in [6.07, 6.45) is 6.01. The molecule has 0 radical (unpaired) electrons. The van der Waals surface area contributed by atoms with Crippen molar-refractivity contribution in [2.24, 2.45) is 11.8 Å². The highest BCUT2D eigenvalue weighted by molar-refractivity contribution is 5.35. The molecule has 1 saturated heterocycles. The van der Waals surface area contributed by atoms with E-state index in [1.54, 1.807) is 0 Å². The van der Waals surface area contributed by atoms with Gasteiger partial charge >= 0.3 is 0 Å². The first-order valence-corrected chi connectivity index (χ1v) is 10.8. The van der Waals surface area contributed by atoms with Gasteiger partial charge in [0, 0.05) is 38.3 Å². The predicted molar refractivity (Wildman–Crippen MR) is 112 cm³/mol. The Balaban J connectivity index is 1.50. The first kappa shape index (κ1) is 19.6.